The largest absolute Gasteiger partial charge is 0.330 e. The van der Waals surface area contributed by atoms with Crippen LogP contribution < -0.4 is 11.1 Å². The standard InChI is InChI=1S/C10H18N4/c1-14-10(2-5-11)8-3-6-12-7-4-9(8)13-14/h12H,2-7,11H2,1H3. The first kappa shape index (κ1) is 9.68. The average molecular weight is 194 g/mol. The molecular weight excluding hydrogens is 176 g/mol. The molecule has 0 saturated heterocycles. The summed E-state index contributed by atoms with van der Waals surface area (Å²) in [6.07, 6.45) is 3.09. The van der Waals surface area contributed by atoms with Crippen LogP contribution >= 0.6 is 0 Å². The topological polar surface area (TPSA) is 55.9 Å². The molecule has 4 heteroatoms. The maximum Gasteiger partial charge on any atom is 0.0672 e. The fourth-order valence-corrected chi connectivity index (χ4v) is 2.15. The normalized spacial score (nSPS) is 16.4. The molecule has 0 spiro atoms. The van der Waals surface area contributed by atoms with Crippen LogP contribution in [0.3, 0.4) is 0 Å². The summed E-state index contributed by atoms with van der Waals surface area (Å²) in [5, 5.41) is 7.94. The van der Waals surface area contributed by atoms with Crippen LogP contribution in [-0.4, -0.2) is 29.4 Å². The third-order valence-corrected chi connectivity index (χ3v) is 2.83. The Bertz CT molecular complexity index is 316. The zero-order valence-electron chi connectivity index (χ0n) is 8.71. The third-order valence-electron chi connectivity index (χ3n) is 2.83. The summed E-state index contributed by atoms with van der Waals surface area (Å²) in [7, 11) is 2.02. The van der Waals surface area contributed by atoms with Gasteiger partial charge in [0.15, 0.2) is 0 Å². The van der Waals surface area contributed by atoms with Gasteiger partial charge < -0.3 is 11.1 Å². The van der Waals surface area contributed by atoms with Crippen LogP contribution in [0.1, 0.15) is 17.0 Å². The van der Waals surface area contributed by atoms with E-state index in [0.717, 1.165) is 32.4 Å². The molecule has 0 aliphatic carbocycles. The van der Waals surface area contributed by atoms with E-state index >= 15 is 0 Å². The lowest BCUT2D eigenvalue weighted by atomic mass is 10.1. The number of hydrogen-bond acceptors (Lipinski definition) is 3. The molecule has 14 heavy (non-hydrogen) atoms. The molecular formula is C10H18N4. The number of nitrogens with zero attached hydrogens (tertiary/aromatic N) is 2. The highest BCUT2D eigenvalue weighted by Crippen LogP contribution is 2.16. The van der Waals surface area contributed by atoms with E-state index in [0.29, 0.717) is 6.54 Å². The first-order chi connectivity index (χ1) is 6.83. The lowest BCUT2D eigenvalue weighted by Gasteiger charge is -2.03. The minimum Gasteiger partial charge on any atom is -0.330 e. The van der Waals surface area contributed by atoms with Crippen molar-refractivity contribution in [3.63, 3.8) is 0 Å². The lowest BCUT2D eigenvalue weighted by Crippen LogP contribution is -2.17. The number of fused-ring (bicyclic) bond motifs is 1. The summed E-state index contributed by atoms with van der Waals surface area (Å²) in [5.74, 6) is 0. The quantitative estimate of drug-likeness (QED) is 0.674. The van der Waals surface area contributed by atoms with Crippen molar-refractivity contribution in [2.24, 2.45) is 12.8 Å². The summed E-state index contributed by atoms with van der Waals surface area (Å²) in [4.78, 5) is 0. The van der Waals surface area contributed by atoms with Gasteiger partial charge in [0.05, 0.1) is 5.69 Å². The smallest absolute Gasteiger partial charge is 0.0672 e. The molecule has 1 aromatic heterocycles. The summed E-state index contributed by atoms with van der Waals surface area (Å²) in [5.41, 5.74) is 9.63. The molecule has 1 aliphatic rings. The Hall–Kier alpha value is -0.870. The highest BCUT2D eigenvalue weighted by Gasteiger charge is 2.16. The van der Waals surface area contributed by atoms with Gasteiger partial charge in [0.25, 0.3) is 0 Å². The van der Waals surface area contributed by atoms with E-state index in [9.17, 15) is 0 Å². The monoisotopic (exact) mass is 194 g/mol. The second-order valence-corrected chi connectivity index (χ2v) is 3.78. The molecule has 0 bridgehead atoms. The summed E-state index contributed by atoms with van der Waals surface area (Å²) < 4.78 is 2.00. The van der Waals surface area contributed by atoms with Crippen LogP contribution in [0, 0.1) is 0 Å². The SMILES string of the molecule is Cn1nc2c(c1CCN)CCNCC2. The van der Waals surface area contributed by atoms with Crippen molar-refractivity contribution in [1.82, 2.24) is 15.1 Å². The average Bonchev–Trinajstić information content (AvgIpc) is 2.39. The van der Waals surface area contributed by atoms with Gasteiger partial charge in [0.2, 0.25) is 0 Å². The predicted octanol–water partition coefficient (Wildman–Crippen LogP) is -0.390. The second kappa shape index (κ2) is 4.11. The minimum absolute atomic E-state index is 0.708. The molecule has 0 fully saturated rings. The molecule has 2 heterocycles. The maximum atomic E-state index is 5.60. The van der Waals surface area contributed by atoms with Crippen molar-refractivity contribution in [2.75, 3.05) is 19.6 Å². The first-order valence-electron chi connectivity index (χ1n) is 5.27. The summed E-state index contributed by atoms with van der Waals surface area (Å²) in [6, 6.07) is 0. The lowest BCUT2D eigenvalue weighted by molar-refractivity contribution is 0.657. The number of nitrogens with one attached hydrogen (secondary N) is 1. The molecule has 1 aromatic rings. The van der Waals surface area contributed by atoms with E-state index < -0.39 is 0 Å². The van der Waals surface area contributed by atoms with E-state index in [1.54, 1.807) is 0 Å². The van der Waals surface area contributed by atoms with Crippen molar-refractivity contribution in [3.05, 3.63) is 17.0 Å². The Kier molecular flexibility index (Phi) is 2.84. The van der Waals surface area contributed by atoms with Crippen LogP contribution in [-0.2, 0) is 26.3 Å². The Balaban J connectivity index is 2.33. The molecule has 0 aromatic carbocycles. The number of aryl methyl sites for hydroxylation is 1. The van der Waals surface area contributed by atoms with Crippen molar-refractivity contribution in [2.45, 2.75) is 19.3 Å². The second-order valence-electron chi connectivity index (χ2n) is 3.78. The van der Waals surface area contributed by atoms with Gasteiger partial charge in [0.1, 0.15) is 0 Å². The summed E-state index contributed by atoms with van der Waals surface area (Å²) >= 11 is 0. The van der Waals surface area contributed by atoms with Gasteiger partial charge in [-0.2, -0.15) is 5.10 Å². The van der Waals surface area contributed by atoms with Crippen LogP contribution in [0.5, 0.6) is 0 Å². The molecule has 0 unspecified atom stereocenters. The number of nitrogens with two attached hydrogens (primary N) is 1. The van der Waals surface area contributed by atoms with Crippen molar-refractivity contribution in [1.29, 1.82) is 0 Å². The highest BCUT2D eigenvalue weighted by molar-refractivity contribution is 5.28. The fraction of sp³-hybridized carbons (Fsp3) is 0.700. The highest BCUT2D eigenvalue weighted by atomic mass is 15.3. The van der Waals surface area contributed by atoms with Gasteiger partial charge in [0, 0.05) is 32.1 Å². The van der Waals surface area contributed by atoms with Crippen molar-refractivity contribution < 1.29 is 0 Å². The van der Waals surface area contributed by atoms with Gasteiger partial charge in [-0.1, -0.05) is 0 Å². The Morgan fingerprint density at radius 3 is 3.00 bits per heavy atom. The molecule has 4 nitrogen and oxygen atoms in total. The van der Waals surface area contributed by atoms with Crippen LogP contribution in [0.4, 0.5) is 0 Å². The zero-order chi connectivity index (χ0) is 9.97. The molecule has 78 valence electrons. The van der Waals surface area contributed by atoms with Gasteiger partial charge in [-0.25, -0.2) is 0 Å². The Morgan fingerprint density at radius 1 is 1.43 bits per heavy atom. The van der Waals surface area contributed by atoms with E-state index in [4.69, 9.17) is 5.73 Å². The molecule has 0 atom stereocenters. The fourth-order valence-electron chi connectivity index (χ4n) is 2.15. The number of aromatic nitrogens is 2. The van der Waals surface area contributed by atoms with E-state index in [1.807, 2.05) is 11.7 Å². The Morgan fingerprint density at radius 2 is 2.21 bits per heavy atom. The molecule has 1 aliphatic heterocycles. The van der Waals surface area contributed by atoms with Crippen molar-refractivity contribution >= 4 is 0 Å². The van der Waals surface area contributed by atoms with E-state index in [2.05, 4.69) is 10.4 Å². The molecule has 0 radical (unpaired) electrons. The van der Waals surface area contributed by atoms with Crippen LogP contribution in [0.25, 0.3) is 0 Å². The van der Waals surface area contributed by atoms with E-state index in [-0.39, 0.29) is 0 Å². The minimum atomic E-state index is 0.708. The van der Waals surface area contributed by atoms with Crippen molar-refractivity contribution in [3.8, 4) is 0 Å². The Labute approximate surface area is 84.5 Å². The summed E-state index contributed by atoms with van der Waals surface area (Å²) in [6.45, 7) is 2.82. The number of hydrogen-bond donors (Lipinski definition) is 2. The van der Waals surface area contributed by atoms with Gasteiger partial charge in [-0.05, 0) is 25.1 Å². The van der Waals surface area contributed by atoms with Gasteiger partial charge in [-0.3, -0.25) is 4.68 Å². The number of rotatable bonds is 2. The molecule has 2 rings (SSSR count). The van der Waals surface area contributed by atoms with Gasteiger partial charge in [-0.15, -0.1) is 0 Å². The molecule has 0 saturated carbocycles. The third kappa shape index (κ3) is 1.67. The maximum absolute atomic E-state index is 5.60. The first-order valence-corrected chi connectivity index (χ1v) is 5.27. The van der Waals surface area contributed by atoms with E-state index in [1.165, 1.54) is 17.0 Å². The zero-order valence-corrected chi connectivity index (χ0v) is 8.71. The van der Waals surface area contributed by atoms with Crippen LogP contribution in [0.15, 0.2) is 0 Å². The van der Waals surface area contributed by atoms with Crippen LogP contribution in [0.2, 0.25) is 0 Å². The molecule has 0 amide bonds. The molecule has 3 N–H and O–H groups in total. The van der Waals surface area contributed by atoms with Gasteiger partial charge >= 0.3 is 0 Å². The predicted molar refractivity (Wildman–Crippen MR) is 56.2 cm³/mol.